The average molecular weight is 480 g/mol. The maximum absolute atomic E-state index is 12.6. The van der Waals surface area contributed by atoms with Crippen molar-refractivity contribution in [1.82, 2.24) is 9.78 Å². The predicted octanol–water partition coefficient (Wildman–Crippen LogP) is 6.69. The predicted molar refractivity (Wildman–Crippen MR) is 132 cm³/mol. The van der Waals surface area contributed by atoms with Gasteiger partial charge in [0.1, 0.15) is 12.4 Å². The van der Waals surface area contributed by atoms with Crippen molar-refractivity contribution in [2.45, 2.75) is 27.0 Å². The normalized spacial score (nSPS) is 10.8. The van der Waals surface area contributed by atoms with Gasteiger partial charge in [-0.2, -0.15) is 5.10 Å². The summed E-state index contributed by atoms with van der Waals surface area (Å²) in [5.41, 5.74) is 5.14. The van der Waals surface area contributed by atoms with Crippen LogP contribution in [0.3, 0.4) is 0 Å². The third kappa shape index (κ3) is 5.95. The van der Waals surface area contributed by atoms with E-state index in [1.54, 1.807) is 29.2 Å². The number of nitrogens with zero attached hydrogens (tertiary/aromatic N) is 2. The number of aromatic nitrogens is 2. The molecule has 0 saturated heterocycles. The molecule has 0 fully saturated rings. The van der Waals surface area contributed by atoms with Crippen LogP contribution in [0.25, 0.3) is 0 Å². The minimum absolute atomic E-state index is 0.200. The van der Waals surface area contributed by atoms with Crippen molar-refractivity contribution < 1.29 is 9.53 Å². The number of aryl methyl sites for hydroxylation is 2. The van der Waals surface area contributed by atoms with Crippen LogP contribution < -0.4 is 10.1 Å². The van der Waals surface area contributed by atoms with Crippen molar-refractivity contribution >= 4 is 34.8 Å². The first-order chi connectivity index (χ1) is 15.9. The van der Waals surface area contributed by atoms with Crippen molar-refractivity contribution in [1.29, 1.82) is 0 Å². The Morgan fingerprint density at radius 2 is 1.73 bits per heavy atom. The number of carbonyl (C=O) groups is 1. The number of amides is 1. The lowest BCUT2D eigenvalue weighted by atomic mass is 10.1. The molecular weight excluding hydrogens is 457 g/mol. The first kappa shape index (κ1) is 22.9. The third-order valence-electron chi connectivity index (χ3n) is 5.16. The second-order valence-corrected chi connectivity index (χ2v) is 8.68. The van der Waals surface area contributed by atoms with Crippen LogP contribution in [-0.4, -0.2) is 15.7 Å². The highest BCUT2D eigenvalue weighted by molar-refractivity contribution is 6.32. The molecule has 0 unspecified atom stereocenters. The molecule has 0 radical (unpaired) electrons. The Hall–Kier alpha value is -3.28. The Morgan fingerprint density at radius 3 is 2.42 bits per heavy atom. The lowest BCUT2D eigenvalue weighted by molar-refractivity contribution is 0.102. The van der Waals surface area contributed by atoms with Gasteiger partial charge in [-0.05, 0) is 72.5 Å². The molecule has 33 heavy (non-hydrogen) atoms. The summed E-state index contributed by atoms with van der Waals surface area (Å²) in [4.78, 5) is 12.6. The van der Waals surface area contributed by atoms with Crippen LogP contribution in [0.15, 0.2) is 73.1 Å². The van der Waals surface area contributed by atoms with Crippen LogP contribution in [-0.2, 0) is 13.2 Å². The van der Waals surface area contributed by atoms with Crippen LogP contribution in [0.2, 0.25) is 10.0 Å². The lowest BCUT2D eigenvalue weighted by Crippen LogP contribution is -2.11. The van der Waals surface area contributed by atoms with Crippen LogP contribution in [0.4, 0.5) is 5.69 Å². The van der Waals surface area contributed by atoms with Crippen molar-refractivity contribution in [3.05, 3.63) is 111 Å². The molecule has 1 N–H and O–H groups in total. The second-order valence-electron chi connectivity index (χ2n) is 7.87. The molecule has 4 rings (SSSR count). The molecule has 1 amide bonds. The molecule has 0 spiro atoms. The maximum Gasteiger partial charge on any atom is 0.255 e. The summed E-state index contributed by atoms with van der Waals surface area (Å²) in [5.74, 6) is 0.569. The van der Waals surface area contributed by atoms with Crippen LogP contribution in [0.5, 0.6) is 5.75 Å². The van der Waals surface area contributed by atoms with Gasteiger partial charge < -0.3 is 10.1 Å². The smallest absolute Gasteiger partial charge is 0.255 e. The van der Waals surface area contributed by atoms with Crippen molar-refractivity contribution in [2.75, 3.05) is 5.32 Å². The van der Waals surface area contributed by atoms with Gasteiger partial charge in [0.15, 0.2) is 0 Å². The zero-order chi connectivity index (χ0) is 23.4. The number of hydrogen-bond donors (Lipinski definition) is 1. The van der Waals surface area contributed by atoms with E-state index >= 15 is 0 Å². The lowest BCUT2D eigenvalue weighted by Gasteiger charge is -2.10. The van der Waals surface area contributed by atoms with E-state index in [0.717, 1.165) is 33.0 Å². The fourth-order valence-electron chi connectivity index (χ4n) is 3.45. The summed E-state index contributed by atoms with van der Waals surface area (Å²) in [5, 5.41) is 8.62. The SMILES string of the molecule is Cc1cc(OCc2ccc(C(=O)Nc3cnn(Cc4cccc(Cl)c4)c3)cc2)cc(C)c1Cl. The Bertz CT molecular complexity index is 1260. The minimum atomic E-state index is -0.200. The summed E-state index contributed by atoms with van der Waals surface area (Å²) >= 11 is 12.2. The van der Waals surface area contributed by atoms with Crippen molar-refractivity contribution in [3.8, 4) is 5.75 Å². The highest BCUT2D eigenvalue weighted by Crippen LogP contribution is 2.26. The van der Waals surface area contributed by atoms with E-state index in [0.29, 0.717) is 29.4 Å². The summed E-state index contributed by atoms with van der Waals surface area (Å²) < 4.78 is 7.64. The highest BCUT2D eigenvalue weighted by Gasteiger charge is 2.09. The summed E-state index contributed by atoms with van der Waals surface area (Å²) in [6, 6.07) is 18.8. The monoisotopic (exact) mass is 479 g/mol. The van der Waals surface area contributed by atoms with Crippen LogP contribution >= 0.6 is 23.2 Å². The average Bonchev–Trinajstić information content (AvgIpc) is 3.22. The first-order valence-corrected chi connectivity index (χ1v) is 11.2. The van der Waals surface area contributed by atoms with Gasteiger partial charge >= 0.3 is 0 Å². The van der Waals surface area contributed by atoms with E-state index in [9.17, 15) is 4.79 Å². The first-order valence-electron chi connectivity index (χ1n) is 10.4. The van der Waals surface area contributed by atoms with Crippen molar-refractivity contribution in [2.24, 2.45) is 0 Å². The third-order valence-corrected chi connectivity index (χ3v) is 5.99. The Morgan fingerprint density at radius 1 is 1.00 bits per heavy atom. The number of rotatable bonds is 7. The topological polar surface area (TPSA) is 56.1 Å². The van der Waals surface area contributed by atoms with Gasteiger partial charge in [-0.3, -0.25) is 9.48 Å². The molecule has 7 heteroatoms. The van der Waals surface area contributed by atoms with Crippen molar-refractivity contribution in [3.63, 3.8) is 0 Å². The molecule has 0 atom stereocenters. The quantitative estimate of drug-likeness (QED) is 0.321. The van der Waals surface area contributed by atoms with Crippen LogP contribution in [0, 0.1) is 13.8 Å². The molecule has 1 heterocycles. The van der Waals surface area contributed by atoms with Gasteiger partial charge in [0, 0.05) is 21.8 Å². The molecule has 168 valence electrons. The standard InChI is InChI=1S/C26H23Cl2N3O2/c1-17-10-24(11-18(2)25(17)28)33-16-19-6-8-21(9-7-19)26(32)30-23-13-29-31(15-23)14-20-4-3-5-22(27)12-20/h3-13,15H,14,16H2,1-2H3,(H,30,32). The largest absolute Gasteiger partial charge is 0.489 e. The summed E-state index contributed by atoms with van der Waals surface area (Å²) in [6.07, 6.45) is 3.41. The Labute approximate surface area is 202 Å². The van der Waals surface area contributed by atoms with Gasteiger partial charge in [0.2, 0.25) is 0 Å². The number of nitrogens with one attached hydrogen (secondary N) is 1. The molecule has 3 aromatic carbocycles. The number of ether oxygens (including phenoxy) is 1. The van der Waals surface area contributed by atoms with Crippen LogP contribution in [0.1, 0.15) is 32.6 Å². The van der Waals surface area contributed by atoms with E-state index in [1.165, 1.54) is 0 Å². The second kappa shape index (κ2) is 10.1. The molecule has 0 saturated carbocycles. The Kier molecular flexibility index (Phi) is 7.02. The van der Waals surface area contributed by atoms with Gasteiger partial charge in [0.25, 0.3) is 5.91 Å². The molecule has 1 aromatic heterocycles. The number of anilines is 1. The fourth-order valence-corrected chi connectivity index (χ4v) is 3.77. The summed E-state index contributed by atoms with van der Waals surface area (Å²) in [6.45, 7) is 4.88. The highest BCUT2D eigenvalue weighted by atomic mass is 35.5. The molecule has 0 aliphatic heterocycles. The van der Waals surface area contributed by atoms with Gasteiger partial charge in [-0.25, -0.2) is 0 Å². The van der Waals surface area contributed by atoms with Gasteiger partial charge in [-0.15, -0.1) is 0 Å². The van der Waals surface area contributed by atoms with E-state index in [2.05, 4.69) is 10.4 Å². The molecular formula is C26H23Cl2N3O2. The molecule has 5 nitrogen and oxygen atoms in total. The fraction of sp³-hybridized carbons (Fsp3) is 0.154. The number of hydrogen-bond acceptors (Lipinski definition) is 3. The van der Waals surface area contributed by atoms with Gasteiger partial charge in [-0.1, -0.05) is 47.5 Å². The maximum atomic E-state index is 12.6. The Balaban J connectivity index is 1.33. The van der Waals surface area contributed by atoms with Gasteiger partial charge in [0.05, 0.1) is 18.4 Å². The zero-order valence-electron chi connectivity index (χ0n) is 18.3. The molecule has 0 aliphatic rings. The molecule has 4 aromatic rings. The zero-order valence-corrected chi connectivity index (χ0v) is 19.8. The van der Waals surface area contributed by atoms with E-state index in [4.69, 9.17) is 27.9 Å². The van der Waals surface area contributed by atoms with E-state index in [-0.39, 0.29) is 5.91 Å². The van der Waals surface area contributed by atoms with E-state index < -0.39 is 0 Å². The number of benzene rings is 3. The minimum Gasteiger partial charge on any atom is -0.489 e. The van der Waals surface area contributed by atoms with E-state index in [1.807, 2.05) is 62.4 Å². The molecule has 0 aliphatic carbocycles. The number of halogens is 2. The number of carbonyl (C=O) groups excluding carboxylic acids is 1. The molecule has 0 bridgehead atoms. The summed E-state index contributed by atoms with van der Waals surface area (Å²) in [7, 11) is 0.